The summed E-state index contributed by atoms with van der Waals surface area (Å²) in [4.78, 5) is 8.98. The SMILES string of the molecule is CCCC/C=C/c1ccc(/N=C(C)/C=N/c2ccccc2)cc1.[Pd]. The van der Waals surface area contributed by atoms with Gasteiger partial charge < -0.3 is 0 Å². The van der Waals surface area contributed by atoms with E-state index in [1.807, 2.05) is 49.4 Å². The second-order valence-electron chi connectivity index (χ2n) is 5.48. The molecule has 0 unspecified atom stereocenters. The predicted octanol–water partition coefficient (Wildman–Crippen LogP) is 6.38. The minimum Gasteiger partial charge on any atom is -0.255 e. The Labute approximate surface area is 159 Å². The van der Waals surface area contributed by atoms with Gasteiger partial charge in [0.25, 0.3) is 0 Å². The minimum absolute atomic E-state index is 0. The fraction of sp³-hybridized carbons (Fsp3) is 0.238. The van der Waals surface area contributed by atoms with Crippen molar-refractivity contribution in [2.24, 2.45) is 9.98 Å². The van der Waals surface area contributed by atoms with Gasteiger partial charge in [-0.25, -0.2) is 0 Å². The average Bonchev–Trinajstić information content (AvgIpc) is 2.59. The first-order chi connectivity index (χ1) is 11.3. The third kappa shape index (κ3) is 7.64. The fourth-order valence-electron chi connectivity index (χ4n) is 2.12. The van der Waals surface area contributed by atoms with Gasteiger partial charge in [-0.3, -0.25) is 9.98 Å². The van der Waals surface area contributed by atoms with Gasteiger partial charge in [-0.2, -0.15) is 0 Å². The summed E-state index contributed by atoms with van der Waals surface area (Å²) < 4.78 is 0. The van der Waals surface area contributed by atoms with Gasteiger partial charge in [0, 0.05) is 26.6 Å². The third-order valence-corrected chi connectivity index (χ3v) is 3.39. The van der Waals surface area contributed by atoms with Crippen LogP contribution in [0.5, 0.6) is 0 Å². The zero-order valence-corrected chi connectivity index (χ0v) is 15.8. The van der Waals surface area contributed by atoms with Crippen LogP contribution in [0.1, 0.15) is 38.7 Å². The maximum atomic E-state index is 4.57. The molecule has 24 heavy (non-hydrogen) atoms. The van der Waals surface area contributed by atoms with Crippen molar-refractivity contribution in [2.45, 2.75) is 33.1 Å². The number of nitrogens with zero attached hydrogens (tertiary/aromatic N) is 2. The normalized spacial score (nSPS) is 11.8. The number of para-hydroxylation sites is 1. The number of unbranched alkanes of at least 4 members (excludes halogenated alkanes) is 2. The summed E-state index contributed by atoms with van der Waals surface area (Å²) in [5.74, 6) is 0. The van der Waals surface area contributed by atoms with Gasteiger partial charge in [0.2, 0.25) is 0 Å². The second kappa shape index (κ2) is 11.7. The molecule has 0 bridgehead atoms. The first-order valence-electron chi connectivity index (χ1n) is 8.19. The van der Waals surface area contributed by atoms with Crippen LogP contribution < -0.4 is 0 Å². The smallest absolute Gasteiger partial charge is 0.0633 e. The molecule has 2 rings (SSSR count). The van der Waals surface area contributed by atoms with Crippen LogP contribution in [0, 0.1) is 0 Å². The summed E-state index contributed by atoms with van der Waals surface area (Å²) in [6.07, 6.45) is 9.84. The molecule has 2 nitrogen and oxygen atoms in total. The maximum absolute atomic E-state index is 4.57. The van der Waals surface area contributed by atoms with Crippen molar-refractivity contribution in [3.63, 3.8) is 0 Å². The first kappa shape index (κ1) is 20.2. The number of hydrogen-bond acceptors (Lipinski definition) is 2. The Morgan fingerprint density at radius 3 is 2.33 bits per heavy atom. The molecular weight excluding hydrogens is 387 g/mol. The third-order valence-electron chi connectivity index (χ3n) is 3.39. The van der Waals surface area contributed by atoms with E-state index in [4.69, 9.17) is 0 Å². The summed E-state index contributed by atoms with van der Waals surface area (Å²) >= 11 is 0. The van der Waals surface area contributed by atoms with Crippen molar-refractivity contribution in [1.29, 1.82) is 0 Å². The van der Waals surface area contributed by atoms with Gasteiger partial charge in [0.1, 0.15) is 0 Å². The number of rotatable bonds is 7. The number of benzene rings is 2. The average molecular weight is 411 g/mol. The zero-order valence-electron chi connectivity index (χ0n) is 14.3. The van der Waals surface area contributed by atoms with Gasteiger partial charge in [-0.05, 0) is 43.2 Å². The molecule has 0 saturated carbocycles. The molecule has 0 atom stereocenters. The molecule has 0 N–H and O–H groups in total. The molecule has 0 aliphatic heterocycles. The number of hydrogen-bond donors (Lipinski definition) is 0. The molecule has 2 aromatic carbocycles. The van der Waals surface area contributed by atoms with Crippen molar-refractivity contribution in [1.82, 2.24) is 0 Å². The molecule has 0 aliphatic carbocycles. The van der Waals surface area contributed by atoms with Crippen LogP contribution in [0.3, 0.4) is 0 Å². The summed E-state index contributed by atoms with van der Waals surface area (Å²) in [6.45, 7) is 4.18. The standard InChI is InChI=1S/C21H24N2.Pd/c1-3-4-5-7-10-19-13-15-21(16-14-19)23-18(2)17-22-20-11-8-6-9-12-20;/h6-17H,3-5H2,1-2H3;/b10-7+,22-17+,23-18+;. The monoisotopic (exact) mass is 410 g/mol. The van der Waals surface area contributed by atoms with Crippen LogP contribution in [0.25, 0.3) is 6.08 Å². The molecule has 128 valence electrons. The summed E-state index contributed by atoms with van der Waals surface area (Å²) in [5.41, 5.74) is 4.00. The predicted molar refractivity (Wildman–Crippen MR) is 102 cm³/mol. The van der Waals surface area contributed by atoms with E-state index in [0.29, 0.717) is 0 Å². The van der Waals surface area contributed by atoms with E-state index in [0.717, 1.165) is 23.5 Å². The maximum Gasteiger partial charge on any atom is 0.0633 e. The number of aliphatic imine (C=N–C) groups is 2. The van der Waals surface area contributed by atoms with Crippen LogP contribution in [-0.4, -0.2) is 11.9 Å². The van der Waals surface area contributed by atoms with E-state index in [1.54, 1.807) is 6.21 Å². The Hall–Kier alpha value is -1.82. The van der Waals surface area contributed by atoms with Crippen LogP contribution in [0.4, 0.5) is 11.4 Å². The largest absolute Gasteiger partial charge is 0.255 e. The number of allylic oxidation sites excluding steroid dienone is 1. The van der Waals surface area contributed by atoms with Gasteiger partial charge in [0.05, 0.1) is 17.1 Å². The molecule has 0 saturated heterocycles. The molecule has 0 aliphatic rings. The Kier molecular flexibility index (Phi) is 9.84. The van der Waals surface area contributed by atoms with E-state index in [-0.39, 0.29) is 20.4 Å². The summed E-state index contributed by atoms with van der Waals surface area (Å²) in [6, 6.07) is 18.2. The Bertz CT molecular complexity index is 671. The first-order valence-corrected chi connectivity index (χ1v) is 8.19. The second-order valence-corrected chi connectivity index (χ2v) is 5.48. The molecule has 0 amide bonds. The van der Waals surface area contributed by atoms with Crippen molar-refractivity contribution in [3.05, 3.63) is 66.2 Å². The molecular formula is C21H24N2Pd. The van der Waals surface area contributed by atoms with Gasteiger partial charge in [-0.1, -0.05) is 62.2 Å². The molecule has 0 aromatic heterocycles. The van der Waals surface area contributed by atoms with Crippen LogP contribution >= 0.6 is 0 Å². The summed E-state index contributed by atoms with van der Waals surface area (Å²) in [5, 5.41) is 0. The molecule has 0 spiro atoms. The zero-order chi connectivity index (χ0) is 16.3. The Morgan fingerprint density at radius 2 is 1.67 bits per heavy atom. The molecule has 3 heteroatoms. The molecule has 0 heterocycles. The quantitative estimate of drug-likeness (QED) is 0.287. The fourth-order valence-corrected chi connectivity index (χ4v) is 2.12. The van der Waals surface area contributed by atoms with E-state index in [2.05, 4.69) is 41.2 Å². The van der Waals surface area contributed by atoms with Gasteiger partial charge in [0.15, 0.2) is 0 Å². The molecule has 0 fully saturated rings. The van der Waals surface area contributed by atoms with Gasteiger partial charge in [-0.15, -0.1) is 0 Å². The van der Waals surface area contributed by atoms with Crippen LogP contribution in [-0.2, 0) is 20.4 Å². The van der Waals surface area contributed by atoms with Crippen molar-refractivity contribution in [2.75, 3.05) is 0 Å². The van der Waals surface area contributed by atoms with E-state index < -0.39 is 0 Å². The van der Waals surface area contributed by atoms with Crippen molar-refractivity contribution < 1.29 is 20.4 Å². The van der Waals surface area contributed by atoms with E-state index in [1.165, 1.54) is 18.4 Å². The Balaban J connectivity index is 0.00000288. The van der Waals surface area contributed by atoms with Crippen molar-refractivity contribution >= 4 is 29.4 Å². The summed E-state index contributed by atoms with van der Waals surface area (Å²) in [7, 11) is 0. The van der Waals surface area contributed by atoms with Crippen LogP contribution in [0.15, 0.2) is 70.7 Å². The van der Waals surface area contributed by atoms with E-state index >= 15 is 0 Å². The topological polar surface area (TPSA) is 24.7 Å². The van der Waals surface area contributed by atoms with Crippen LogP contribution in [0.2, 0.25) is 0 Å². The Morgan fingerprint density at radius 1 is 0.958 bits per heavy atom. The minimum atomic E-state index is 0. The van der Waals surface area contributed by atoms with Gasteiger partial charge >= 0.3 is 0 Å². The molecule has 0 radical (unpaired) electrons. The van der Waals surface area contributed by atoms with Crippen molar-refractivity contribution in [3.8, 4) is 0 Å². The van der Waals surface area contributed by atoms with E-state index in [9.17, 15) is 0 Å². The molecule has 2 aromatic rings.